The van der Waals surface area contributed by atoms with Gasteiger partial charge in [-0.2, -0.15) is 0 Å². The van der Waals surface area contributed by atoms with E-state index in [4.69, 9.17) is 0 Å². The molecule has 1 aromatic heterocycles. The zero-order chi connectivity index (χ0) is 18.3. The van der Waals surface area contributed by atoms with E-state index in [0.717, 1.165) is 37.4 Å². The van der Waals surface area contributed by atoms with Gasteiger partial charge in [-0.3, -0.25) is 4.79 Å². The number of aromatic nitrogens is 4. The molecular formula is C17H21N7O2. The van der Waals surface area contributed by atoms with Crippen LogP contribution in [-0.2, 0) is 4.79 Å². The van der Waals surface area contributed by atoms with Crippen molar-refractivity contribution in [3.63, 3.8) is 0 Å². The molecule has 0 radical (unpaired) electrons. The lowest BCUT2D eigenvalue weighted by molar-refractivity contribution is -0.140. The first-order chi connectivity index (χ1) is 12.6. The van der Waals surface area contributed by atoms with Crippen LogP contribution >= 0.6 is 0 Å². The van der Waals surface area contributed by atoms with E-state index in [1.54, 1.807) is 6.92 Å². The summed E-state index contributed by atoms with van der Waals surface area (Å²) in [5.41, 5.74) is 2.46. The number of tetrazole rings is 1. The number of carbonyl (C=O) groups is 1. The molecule has 9 heteroatoms. The van der Waals surface area contributed by atoms with Crippen LogP contribution in [0.25, 0.3) is 0 Å². The molecule has 136 valence electrons. The predicted octanol–water partition coefficient (Wildman–Crippen LogP) is 0.821. The number of nitrogens with zero attached hydrogens (tertiary/aromatic N) is 7. The van der Waals surface area contributed by atoms with E-state index in [2.05, 4.69) is 37.4 Å². The topological polar surface area (TPSA) is 99.7 Å². The predicted molar refractivity (Wildman–Crippen MR) is 96.0 cm³/mol. The average Bonchev–Trinajstić information content (AvgIpc) is 3.09. The molecule has 2 aliphatic heterocycles. The number of fused-ring (bicyclic) bond motifs is 1. The van der Waals surface area contributed by atoms with Crippen LogP contribution in [0.15, 0.2) is 29.3 Å². The molecule has 4 rings (SSSR count). The molecule has 2 unspecified atom stereocenters. The number of carboxylic acid groups (broad SMARTS) is 1. The van der Waals surface area contributed by atoms with E-state index in [-0.39, 0.29) is 0 Å². The van der Waals surface area contributed by atoms with Crippen molar-refractivity contribution in [3.05, 3.63) is 29.8 Å². The van der Waals surface area contributed by atoms with Crippen molar-refractivity contribution < 1.29 is 9.90 Å². The lowest BCUT2D eigenvalue weighted by Crippen LogP contribution is -2.45. The lowest BCUT2D eigenvalue weighted by atomic mass is 9.87. The normalized spacial score (nSPS) is 23.5. The lowest BCUT2D eigenvalue weighted by Gasteiger charge is -2.37. The van der Waals surface area contributed by atoms with Crippen LogP contribution in [0.4, 0.5) is 11.6 Å². The Balaban J connectivity index is 1.81. The quantitative estimate of drug-likeness (QED) is 0.870. The fourth-order valence-electron chi connectivity index (χ4n) is 3.74. The van der Waals surface area contributed by atoms with E-state index in [1.165, 1.54) is 4.68 Å². The summed E-state index contributed by atoms with van der Waals surface area (Å²) in [5.74, 6) is -1.39. The van der Waals surface area contributed by atoms with Gasteiger partial charge in [0, 0.05) is 43.1 Å². The molecule has 1 fully saturated rings. The van der Waals surface area contributed by atoms with E-state index >= 15 is 0 Å². The number of hydrogen-bond donors (Lipinski definition) is 1. The first-order valence-corrected chi connectivity index (χ1v) is 8.64. The zero-order valence-corrected chi connectivity index (χ0v) is 14.8. The number of carboxylic acids is 1. The number of para-hydroxylation sites is 1. The second-order valence-corrected chi connectivity index (χ2v) is 6.79. The summed E-state index contributed by atoms with van der Waals surface area (Å²) in [7, 11) is 2.11. The minimum absolute atomic E-state index is 0.346. The van der Waals surface area contributed by atoms with Crippen LogP contribution in [0, 0.1) is 5.92 Å². The maximum absolute atomic E-state index is 12.0. The van der Waals surface area contributed by atoms with Crippen LogP contribution < -0.4 is 4.90 Å². The van der Waals surface area contributed by atoms with Crippen molar-refractivity contribution in [2.75, 3.05) is 38.1 Å². The molecule has 1 saturated heterocycles. The smallest absolute Gasteiger partial charge is 0.314 e. The zero-order valence-electron chi connectivity index (χ0n) is 14.8. The SMILES string of the molecule is CC1=Nc2nnnn2C(c2ccccc2N2CCN(C)CC2)C1C(=O)O. The van der Waals surface area contributed by atoms with Crippen molar-refractivity contribution in [2.24, 2.45) is 10.9 Å². The van der Waals surface area contributed by atoms with Crippen LogP contribution in [0.2, 0.25) is 0 Å². The molecule has 2 atom stereocenters. The Labute approximate surface area is 150 Å². The minimum Gasteiger partial charge on any atom is -0.481 e. The van der Waals surface area contributed by atoms with Gasteiger partial charge >= 0.3 is 5.97 Å². The summed E-state index contributed by atoms with van der Waals surface area (Å²) in [6.45, 7) is 5.46. The Kier molecular flexibility index (Phi) is 4.15. The largest absolute Gasteiger partial charge is 0.481 e. The highest BCUT2D eigenvalue weighted by molar-refractivity contribution is 6.03. The number of rotatable bonds is 3. The molecule has 1 aromatic carbocycles. The fraction of sp³-hybridized carbons (Fsp3) is 0.471. The fourth-order valence-corrected chi connectivity index (χ4v) is 3.74. The van der Waals surface area contributed by atoms with Gasteiger partial charge in [0.2, 0.25) is 0 Å². The number of aliphatic carboxylic acids is 1. The summed E-state index contributed by atoms with van der Waals surface area (Å²) in [4.78, 5) is 20.9. The molecule has 3 heterocycles. The first-order valence-electron chi connectivity index (χ1n) is 8.64. The molecule has 2 aliphatic rings. The monoisotopic (exact) mass is 355 g/mol. The number of benzene rings is 1. The number of piperazine rings is 1. The van der Waals surface area contributed by atoms with Crippen LogP contribution in [0.3, 0.4) is 0 Å². The molecule has 0 aliphatic carbocycles. The van der Waals surface area contributed by atoms with E-state index in [9.17, 15) is 9.90 Å². The van der Waals surface area contributed by atoms with E-state index < -0.39 is 17.9 Å². The molecular weight excluding hydrogens is 334 g/mol. The Bertz CT molecular complexity index is 854. The van der Waals surface area contributed by atoms with Crippen molar-refractivity contribution in [1.82, 2.24) is 25.1 Å². The maximum atomic E-state index is 12.0. The Morgan fingerprint density at radius 2 is 1.92 bits per heavy atom. The Morgan fingerprint density at radius 3 is 2.65 bits per heavy atom. The van der Waals surface area contributed by atoms with E-state index in [1.807, 2.05) is 24.3 Å². The third kappa shape index (κ3) is 2.74. The number of likely N-dealkylation sites (N-methyl/N-ethyl adjacent to an activating group) is 1. The van der Waals surface area contributed by atoms with Gasteiger partial charge in [0.1, 0.15) is 12.0 Å². The van der Waals surface area contributed by atoms with Gasteiger partial charge in [-0.15, -0.1) is 0 Å². The van der Waals surface area contributed by atoms with Gasteiger partial charge < -0.3 is 14.9 Å². The van der Waals surface area contributed by atoms with E-state index in [0.29, 0.717) is 11.7 Å². The van der Waals surface area contributed by atoms with Gasteiger partial charge in [0.25, 0.3) is 5.95 Å². The highest BCUT2D eigenvalue weighted by Crippen LogP contribution is 2.39. The third-order valence-corrected chi connectivity index (χ3v) is 5.15. The highest BCUT2D eigenvalue weighted by atomic mass is 16.4. The summed E-state index contributed by atoms with van der Waals surface area (Å²) in [6, 6.07) is 7.41. The summed E-state index contributed by atoms with van der Waals surface area (Å²) in [6.07, 6.45) is 0. The molecule has 0 bridgehead atoms. The average molecular weight is 355 g/mol. The molecule has 1 N–H and O–H groups in total. The summed E-state index contributed by atoms with van der Waals surface area (Å²) >= 11 is 0. The maximum Gasteiger partial charge on any atom is 0.314 e. The number of anilines is 1. The summed E-state index contributed by atoms with van der Waals surface area (Å²) in [5, 5.41) is 21.5. The Hall–Kier alpha value is -2.81. The second kappa shape index (κ2) is 6.49. The second-order valence-electron chi connectivity index (χ2n) is 6.79. The molecule has 0 spiro atoms. The van der Waals surface area contributed by atoms with Gasteiger partial charge in [-0.05, 0) is 30.5 Å². The highest BCUT2D eigenvalue weighted by Gasteiger charge is 2.40. The molecule has 0 amide bonds. The number of aliphatic imine (C=N–C) groups is 1. The molecule has 0 saturated carbocycles. The van der Waals surface area contributed by atoms with Crippen molar-refractivity contribution in [3.8, 4) is 0 Å². The third-order valence-electron chi connectivity index (χ3n) is 5.15. The minimum atomic E-state index is -0.925. The van der Waals surface area contributed by atoms with Gasteiger partial charge in [0.05, 0.1) is 0 Å². The van der Waals surface area contributed by atoms with Crippen LogP contribution in [0.5, 0.6) is 0 Å². The Morgan fingerprint density at radius 1 is 1.19 bits per heavy atom. The molecule has 9 nitrogen and oxygen atoms in total. The standard InChI is InChI=1S/C17H21N7O2/c1-11-14(16(25)26)15(24-17(18-11)19-20-21-24)12-5-3-4-6-13(12)23-9-7-22(2)8-10-23/h3-6,14-15H,7-10H2,1-2H3,(H,25,26). The van der Waals surface area contributed by atoms with Gasteiger partial charge in [-0.25, -0.2) is 9.67 Å². The van der Waals surface area contributed by atoms with Crippen molar-refractivity contribution in [1.29, 1.82) is 0 Å². The first kappa shape index (κ1) is 16.6. The van der Waals surface area contributed by atoms with Crippen molar-refractivity contribution >= 4 is 23.3 Å². The van der Waals surface area contributed by atoms with Crippen LogP contribution in [0.1, 0.15) is 18.5 Å². The molecule has 26 heavy (non-hydrogen) atoms. The van der Waals surface area contributed by atoms with Crippen molar-refractivity contribution in [2.45, 2.75) is 13.0 Å². The number of hydrogen-bond acceptors (Lipinski definition) is 7. The van der Waals surface area contributed by atoms with Crippen LogP contribution in [-0.4, -0.2) is 75.1 Å². The summed E-state index contributed by atoms with van der Waals surface area (Å²) < 4.78 is 1.53. The van der Waals surface area contributed by atoms with Gasteiger partial charge in [-0.1, -0.05) is 23.3 Å². The molecule has 2 aromatic rings. The van der Waals surface area contributed by atoms with Gasteiger partial charge in [0.15, 0.2) is 0 Å².